The van der Waals surface area contributed by atoms with E-state index in [1.807, 2.05) is 0 Å². The van der Waals surface area contributed by atoms with E-state index in [4.69, 9.17) is 4.42 Å². The van der Waals surface area contributed by atoms with Crippen molar-refractivity contribution < 1.29 is 27.5 Å². The van der Waals surface area contributed by atoms with Gasteiger partial charge in [-0.15, -0.1) is 0 Å². The molecule has 1 amide bonds. The number of aryl methyl sites for hydroxylation is 2. The maximum absolute atomic E-state index is 13.0. The van der Waals surface area contributed by atoms with E-state index in [1.165, 1.54) is 17.0 Å². The van der Waals surface area contributed by atoms with Gasteiger partial charge in [0.1, 0.15) is 0 Å². The average Bonchev–Trinajstić information content (AvgIpc) is 3.08. The van der Waals surface area contributed by atoms with Gasteiger partial charge in [0.25, 0.3) is 5.91 Å². The Labute approximate surface area is 142 Å². The first kappa shape index (κ1) is 17.5. The van der Waals surface area contributed by atoms with Gasteiger partial charge in [-0.1, -0.05) is 12.1 Å². The predicted molar refractivity (Wildman–Crippen MR) is 81.8 cm³/mol. The topological polar surface area (TPSA) is 66.6 Å². The minimum Gasteiger partial charge on any atom is -0.436 e. The molecular formula is C17H17F3N2O3. The molecular weight excluding hydrogens is 337 g/mol. The quantitative estimate of drug-likeness (QED) is 0.899. The van der Waals surface area contributed by atoms with Crippen molar-refractivity contribution in [3.8, 4) is 0 Å². The Hall–Kier alpha value is -2.35. The molecule has 0 unspecified atom stereocenters. The summed E-state index contributed by atoms with van der Waals surface area (Å²) in [6.45, 7) is 3.25. The van der Waals surface area contributed by atoms with Crippen molar-refractivity contribution in [2.24, 2.45) is 0 Å². The van der Waals surface area contributed by atoms with Gasteiger partial charge in [0.2, 0.25) is 5.76 Å². The standard InChI is InChI=1S/C17H17F3N2O3/c1-9-15(25-10(2)21-9)16(24)22-8-13(23)7-14(22)11-4-3-5-12(6-11)17(18,19)20/h3-6,13-14,23H,7-8H2,1-2H3/t13-,14-/m1/s1. The number of amides is 1. The Bertz CT molecular complexity index is 801. The second-order valence-corrected chi connectivity index (χ2v) is 6.13. The van der Waals surface area contributed by atoms with Crippen LogP contribution in [-0.4, -0.2) is 33.5 Å². The number of β-amino-alcohol motifs (C(OH)–C–C–N with tert-alkyl or cyclic N) is 1. The van der Waals surface area contributed by atoms with Crippen LogP contribution in [0.25, 0.3) is 0 Å². The summed E-state index contributed by atoms with van der Waals surface area (Å²) >= 11 is 0. The number of benzene rings is 1. The van der Waals surface area contributed by atoms with Crippen molar-refractivity contribution in [3.05, 3.63) is 52.7 Å². The zero-order valence-electron chi connectivity index (χ0n) is 13.7. The van der Waals surface area contributed by atoms with Gasteiger partial charge >= 0.3 is 6.18 Å². The highest BCUT2D eigenvalue weighted by atomic mass is 19.4. The Morgan fingerprint density at radius 3 is 2.68 bits per heavy atom. The van der Waals surface area contributed by atoms with E-state index in [9.17, 15) is 23.1 Å². The summed E-state index contributed by atoms with van der Waals surface area (Å²) in [7, 11) is 0. The third-order valence-corrected chi connectivity index (χ3v) is 4.24. The predicted octanol–water partition coefficient (Wildman–Crippen LogP) is 3.26. The Kier molecular flexibility index (Phi) is 4.32. The lowest BCUT2D eigenvalue weighted by atomic mass is 10.0. The molecule has 1 saturated heterocycles. The largest absolute Gasteiger partial charge is 0.436 e. The van der Waals surface area contributed by atoms with Gasteiger partial charge in [0.15, 0.2) is 5.89 Å². The van der Waals surface area contributed by atoms with Gasteiger partial charge in [-0.05, 0) is 31.0 Å². The van der Waals surface area contributed by atoms with E-state index in [0.717, 1.165) is 12.1 Å². The molecule has 134 valence electrons. The molecule has 0 bridgehead atoms. The molecule has 0 aliphatic carbocycles. The third-order valence-electron chi connectivity index (χ3n) is 4.24. The van der Waals surface area contributed by atoms with Gasteiger partial charge in [0, 0.05) is 13.5 Å². The lowest BCUT2D eigenvalue weighted by Crippen LogP contribution is -2.32. The second-order valence-electron chi connectivity index (χ2n) is 6.13. The van der Waals surface area contributed by atoms with E-state index in [0.29, 0.717) is 17.1 Å². The molecule has 1 aromatic carbocycles. The average molecular weight is 354 g/mol. The molecule has 2 aromatic rings. The number of oxazole rings is 1. The van der Waals surface area contributed by atoms with Crippen LogP contribution in [0.1, 0.15) is 45.7 Å². The number of rotatable bonds is 2. The van der Waals surface area contributed by atoms with Crippen molar-refractivity contribution in [2.45, 2.75) is 38.6 Å². The molecule has 1 fully saturated rings. The summed E-state index contributed by atoms with van der Waals surface area (Å²) in [6.07, 6.45) is -5.12. The fourth-order valence-corrected chi connectivity index (χ4v) is 3.14. The fourth-order valence-electron chi connectivity index (χ4n) is 3.14. The number of nitrogens with zero attached hydrogens (tertiary/aromatic N) is 2. The van der Waals surface area contributed by atoms with Crippen molar-refractivity contribution in [1.29, 1.82) is 0 Å². The SMILES string of the molecule is Cc1nc(C)c(C(=O)N2C[C@H](O)C[C@@H]2c2cccc(C(F)(F)F)c2)o1. The number of halogens is 3. The van der Waals surface area contributed by atoms with E-state index in [-0.39, 0.29) is 18.7 Å². The van der Waals surface area contributed by atoms with E-state index >= 15 is 0 Å². The Morgan fingerprint density at radius 1 is 1.36 bits per heavy atom. The number of carbonyl (C=O) groups is 1. The van der Waals surface area contributed by atoms with Crippen molar-refractivity contribution in [2.75, 3.05) is 6.54 Å². The zero-order chi connectivity index (χ0) is 18.4. The van der Waals surface area contributed by atoms with Gasteiger partial charge in [-0.3, -0.25) is 4.79 Å². The summed E-state index contributed by atoms with van der Waals surface area (Å²) in [6, 6.07) is 4.16. The van der Waals surface area contributed by atoms with Crippen LogP contribution < -0.4 is 0 Å². The summed E-state index contributed by atoms with van der Waals surface area (Å²) in [5, 5.41) is 9.97. The van der Waals surface area contributed by atoms with Gasteiger partial charge < -0.3 is 14.4 Å². The Morgan fingerprint density at radius 2 is 2.08 bits per heavy atom. The third kappa shape index (κ3) is 3.39. The highest BCUT2D eigenvalue weighted by Gasteiger charge is 2.39. The molecule has 5 nitrogen and oxygen atoms in total. The molecule has 0 radical (unpaired) electrons. The van der Waals surface area contributed by atoms with Crippen LogP contribution in [0.15, 0.2) is 28.7 Å². The molecule has 25 heavy (non-hydrogen) atoms. The number of carbonyl (C=O) groups excluding carboxylic acids is 1. The van der Waals surface area contributed by atoms with Gasteiger partial charge in [-0.2, -0.15) is 13.2 Å². The molecule has 0 spiro atoms. The van der Waals surface area contributed by atoms with Crippen LogP contribution in [0.4, 0.5) is 13.2 Å². The molecule has 3 rings (SSSR count). The number of aromatic nitrogens is 1. The fraction of sp³-hybridized carbons (Fsp3) is 0.412. The van der Waals surface area contributed by atoms with Crippen LogP contribution in [0.2, 0.25) is 0 Å². The lowest BCUT2D eigenvalue weighted by Gasteiger charge is -2.24. The first-order valence-electron chi connectivity index (χ1n) is 7.77. The number of aliphatic hydroxyl groups excluding tert-OH is 1. The van der Waals surface area contributed by atoms with Gasteiger partial charge in [-0.25, -0.2) is 4.98 Å². The zero-order valence-corrected chi connectivity index (χ0v) is 13.7. The maximum Gasteiger partial charge on any atom is 0.416 e. The summed E-state index contributed by atoms with van der Waals surface area (Å²) < 4.78 is 44.2. The van der Waals surface area contributed by atoms with Crippen molar-refractivity contribution in [1.82, 2.24) is 9.88 Å². The Balaban J connectivity index is 1.95. The molecule has 0 saturated carbocycles. The highest BCUT2D eigenvalue weighted by molar-refractivity contribution is 5.93. The smallest absolute Gasteiger partial charge is 0.416 e. The maximum atomic E-state index is 13.0. The minimum absolute atomic E-state index is 0.0267. The number of likely N-dealkylation sites (tertiary alicyclic amines) is 1. The monoisotopic (exact) mass is 354 g/mol. The summed E-state index contributed by atoms with van der Waals surface area (Å²) in [4.78, 5) is 18.1. The summed E-state index contributed by atoms with van der Waals surface area (Å²) in [5.74, 6) is -0.114. The molecule has 8 heteroatoms. The first-order valence-corrected chi connectivity index (χ1v) is 7.77. The first-order chi connectivity index (χ1) is 11.7. The molecule has 1 aromatic heterocycles. The molecule has 1 aliphatic rings. The number of alkyl halides is 3. The van der Waals surface area contributed by atoms with Crippen molar-refractivity contribution >= 4 is 5.91 Å². The van der Waals surface area contributed by atoms with Crippen LogP contribution >= 0.6 is 0 Å². The number of hydrogen-bond acceptors (Lipinski definition) is 4. The number of hydrogen-bond donors (Lipinski definition) is 1. The van der Waals surface area contributed by atoms with Crippen LogP contribution in [-0.2, 0) is 6.18 Å². The summed E-state index contributed by atoms with van der Waals surface area (Å²) in [5.41, 5.74) is -0.0502. The van der Waals surface area contributed by atoms with E-state index < -0.39 is 29.8 Å². The van der Waals surface area contributed by atoms with Crippen LogP contribution in [0, 0.1) is 13.8 Å². The molecule has 1 N–H and O–H groups in total. The van der Waals surface area contributed by atoms with E-state index in [2.05, 4.69) is 4.98 Å². The minimum atomic E-state index is -4.47. The molecule has 2 atom stereocenters. The van der Waals surface area contributed by atoms with Gasteiger partial charge in [0.05, 0.1) is 23.4 Å². The molecule has 1 aliphatic heterocycles. The van der Waals surface area contributed by atoms with Crippen LogP contribution in [0.3, 0.4) is 0 Å². The van der Waals surface area contributed by atoms with Crippen LogP contribution in [0.5, 0.6) is 0 Å². The highest BCUT2D eigenvalue weighted by Crippen LogP contribution is 2.37. The van der Waals surface area contributed by atoms with E-state index in [1.54, 1.807) is 13.8 Å². The van der Waals surface area contributed by atoms with Crippen molar-refractivity contribution in [3.63, 3.8) is 0 Å². The number of aliphatic hydroxyl groups is 1. The second kappa shape index (κ2) is 6.18. The molecule has 2 heterocycles. The lowest BCUT2D eigenvalue weighted by molar-refractivity contribution is -0.137. The normalized spacial score (nSPS) is 21.0.